The number of hydrogen-bond donors (Lipinski definition) is 1. The van der Waals surface area contributed by atoms with Gasteiger partial charge in [0.2, 0.25) is 0 Å². The van der Waals surface area contributed by atoms with Gasteiger partial charge < -0.3 is 14.6 Å². The maximum absolute atomic E-state index is 12.8. The molecule has 0 saturated carbocycles. The molecule has 24 heavy (non-hydrogen) atoms. The third-order valence-electron chi connectivity index (χ3n) is 4.81. The molecular formula is C19H22N2O3. The topological polar surface area (TPSA) is 62.5 Å². The molecule has 1 aliphatic heterocycles. The van der Waals surface area contributed by atoms with Gasteiger partial charge in [0.05, 0.1) is 11.5 Å². The molecule has 2 heterocycles. The highest BCUT2D eigenvalue weighted by Crippen LogP contribution is 2.23. The van der Waals surface area contributed by atoms with E-state index >= 15 is 0 Å². The number of aliphatic carboxylic acids is 1. The van der Waals surface area contributed by atoms with Crippen LogP contribution < -0.4 is 0 Å². The molecule has 0 aliphatic carbocycles. The second-order valence-electron chi connectivity index (χ2n) is 6.43. The minimum absolute atomic E-state index is 0.0637. The SMILES string of the molecule is Cc1cc(C(=O)N2CC[C@H](C(=O)O)C2)c(C)n1Cc1ccccc1. The van der Waals surface area contributed by atoms with Gasteiger partial charge in [0, 0.05) is 31.0 Å². The summed E-state index contributed by atoms with van der Waals surface area (Å²) in [6.07, 6.45) is 0.532. The van der Waals surface area contributed by atoms with E-state index in [0.717, 1.165) is 17.9 Å². The summed E-state index contributed by atoms with van der Waals surface area (Å²) in [7, 11) is 0. The molecule has 1 amide bonds. The van der Waals surface area contributed by atoms with E-state index in [-0.39, 0.29) is 5.91 Å². The van der Waals surface area contributed by atoms with Gasteiger partial charge in [-0.25, -0.2) is 0 Å². The molecule has 1 N–H and O–H groups in total. The molecule has 5 heteroatoms. The molecule has 1 saturated heterocycles. The summed E-state index contributed by atoms with van der Waals surface area (Å²) >= 11 is 0. The molecule has 1 aliphatic rings. The Morgan fingerprint density at radius 3 is 2.54 bits per heavy atom. The number of aryl methyl sites for hydroxylation is 1. The molecule has 1 aromatic heterocycles. The van der Waals surface area contributed by atoms with Gasteiger partial charge in [0.15, 0.2) is 0 Å². The summed E-state index contributed by atoms with van der Waals surface area (Å²) in [5, 5.41) is 9.11. The van der Waals surface area contributed by atoms with Crippen LogP contribution in [0.15, 0.2) is 36.4 Å². The Morgan fingerprint density at radius 2 is 1.92 bits per heavy atom. The molecule has 5 nitrogen and oxygen atoms in total. The number of amides is 1. The van der Waals surface area contributed by atoms with Crippen LogP contribution in [0.3, 0.4) is 0 Å². The van der Waals surface area contributed by atoms with Crippen molar-refractivity contribution >= 4 is 11.9 Å². The average molecular weight is 326 g/mol. The molecule has 3 rings (SSSR count). The zero-order valence-electron chi connectivity index (χ0n) is 14.0. The van der Waals surface area contributed by atoms with E-state index < -0.39 is 11.9 Å². The Morgan fingerprint density at radius 1 is 1.21 bits per heavy atom. The van der Waals surface area contributed by atoms with Crippen LogP contribution in [-0.4, -0.2) is 39.5 Å². The van der Waals surface area contributed by atoms with E-state index in [4.69, 9.17) is 5.11 Å². The first-order valence-corrected chi connectivity index (χ1v) is 8.20. The van der Waals surface area contributed by atoms with Crippen molar-refractivity contribution in [2.45, 2.75) is 26.8 Å². The number of aromatic nitrogens is 1. The Bertz CT molecular complexity index is 764. The second-order valence-corrected chi connectivity index (χ2v) is 6.43. The number of likely N-dealkylation sites (tertiary alicyclic amines) is 1. The van der Waals surface area contributed by atoms with Crippen molar-refractivity contribution in [3.05, 3.63) is 58.9 Å². The Balaban J connectivity index is 1.81. The zero-order valence-corrected chi connectivity index (χ0v) is 14.0. The summed E-state index contributed by atoms with van der Waals surface area (Å²) in [5.74, 6) is -1.33. The Hall–Kier alpha value is -2.56. The van der Waals surface area contributed by atoms with Gasteiger partial charge >= 0.3 is 5.97 Å². The fraction of sp³-hybridized carbons (Fsp3) is 0.368. The monoisotopic (exact) mass is 326 g/mol. The largest absolute Gasteiger partial charge is 0.481 e. The van der Waals surface area contributed by atoms with Gasteiger partial charge in [-0.1, -0.05) is 30.3 Å². The summed E-state index contributed by atoms with van der Waals surface area (Å²) in [5.41, 5.74) is 3.83. The average Bonchev–Trinajstić information content (AvgIpc) is 3.16. The molecule has 1 fully saturated rings. The quantitative estimate of drug-likeness (QED) is 0.939. The van der Waals surface area contributed by atoms with E-state index in [1.807, 2.05) is 38.1 Å². The minimum Gasteiger partial charge on any atom is -0.481 e. The van der Waals surface area contributed by atoms with Crippen LogP contribution in [0, 0.1) is 19.8 Å². The fourth-order valence-electron chi connectivity index (χ4n) is 3.34. The molecular weight excluding hydrogens is 304 g/mol. The van der Waals surface area contributed by atoms with Crippen molar-refractivity contribution in [2.24, 2.45) is 5.92 Å². The van der Waals surface area contributed by atoms with Crippen molar-refractivity contribution in [3.63, 3.8) is 0 Å². The third kappa shape index (κ3) is 3.07. The van der Waals surface area contributed by atoms with Crippen LogP contribution in [0.5, 0.6) is 0 Å². The van der Waals surface area contributed by atoms with Crippen LogP contribution in [0.4, 0.5) is 0 Å². The molecule has 0 bridgehead atoms. The molecule has 2 aromatic rings. The van der Waals surface area contributed by atoms with Gasteiger partial charge in [-0.3, -0.25) is 9.59 Å². The van der Waals surface area contributed by atoms with Gasteiger partial charge in [-0.15, -0.1) is 0 Å². The number of carboxylic acid groups (broad SMARTS) is 1. The minimum atomic E-state index is -0.820. The number of benzene rings is 1. The van der Waals surface area contributed by atoms with Crippen LogP contribution in [0.2, 0.25) is 0 Å². The number of carboxylic acids is 1. The fourth-order valence-corrected chi connectivity index (χ4v) is 3.34. The first kappa shape index (κ1) is 16.3. The van der Waals surface area contributed by atoms with Crippen molar-refractivity contribution in [1.82, 2.24) is 9.47 Å². The number of nitrogens with zero attached hydrogens (tertiary/aromatic N) is 2. The van der Waals surface area contributed by atoms with Gasteiger partial charge in [0.25, 0.3) is 5.91 Å². The maximum atomic E-state index is 12.8. The van der Waals surface area contributed by atoms with Gasteiger partial charge in [0.1, 0.15) is 0 Å². The summed E-state index contributed by atoms with van der Waals surface area (Å²) in [4.78, 5) is 25.5. The van der Waals surface area contributed by atoms with Crippen molar-refractivity contribution in [3.8, 4) is 0 Å². The first-order valence-electron chi connectivity index (χ1n) is 8.20. The number of hydrogen-bond acceptors (Lipinski definition) is 2. The number of rotatable bonds is 4. The maximum Gasteiger partial charge on any atom is 0.308 e. The van der Waals surface area contributed by atoms with Crippen LogP contribution in [-0.2, 0) is 11.3 Å². The van der Waals surface area contributed by atoms with Gasteiger partial charge in [-0.05, 0) is 31.9 Å². The predicted octanol–water partition coefficient (Wildman–Crippen LogP) is 2.70. The molecule has 0 radical (unpaired) electrons. The molecule has 126 valence electrons. The second kappa shape index (κ2) is 6.51. The summed E-state index contributed by atoms with van der Waals surface area (Å²) < 4.78 is 2.13. The smallest absolute Gasteiger partial charge is 0.308 e. The summed E-state index contributed by atoms with van der Waals surface area (Å²) in [6.45, 7) is 5.49. The lowest BCUT2D eigenvalue weighted by molar-refractivity contribution is -0.141. The lowest BCUT2D eigenvalue weighted by Gasteiger charge is -2.16. The van der Waals surface area contributed by atoms with Crippen molar-refractivity contribution < 1.29 is 14.7 Å². The highest BCUT2D eigenvalue weighted by Gasteiger charge is 2.32. The predicted molar refractivity (Wildman–Crippen MR) is 91.1 cm³/mol. The Labute approximate surface area is 141 Å². The lowest BCUT2D eigenvalue weighted by atomic mass is 10.1. The van der Waals surface area contributed by atoms with Crippen molar-refractivity contribution in [1.29, 1.82) is 0 Å². The van der Waals surface area contributed by atoms with E-state index in [1.54, 1.807) is 4.90 Å². The van der Waals surface area contributed by atoms with Crippen molar-refractivity contribution in [2.75, 3.05) is 13.1 Å². The van der Waals surface area contributed by atoms with Gasteiger partial charge in [-0.2, -0.15) is 0 Å². The summed E-state index contributed by atoms with van der Waals surface area (Å²) in [6, 6.07) is 12.0. The molecule has 0 unspecified atom stereocenters. The van der Waals surface area contributed by atoms with Crippen LogP contribution in [0.1, 0.15) is 33.7 Å². The van der Waals surface area contributed by atoms with Crippen LogP contribution >= 0.6 is 0 Å². The molecule has 0 spiro atoms. The van der Waals surface area contributed by atoms with E-state index in [0.29, 0.717) is 25.1 Å². The van der Waals surface area contributed by atoms with E-state index in [9.17, 15) is 9.59 Å². The highest BCUT2D eigenvalue weighted by atomic mass is 16.4. The van der Waals surface area contributed by atoms with Crippen LogP contribution in [0.25, 0.3) is 0 Å². The third-order valence-corrected chi connectivity index (χ3v) is 4.81. The standard InChI is InChI=1S/C19H22N2O3/c1-13-10-17(18(22)20-9-8-16(12-20)19(23)24)14(2)21(13)11-15-6-4-3-5-7-15/h3-7,10,16H,8-9,11-12H2,1-2H3,(H,23,24)/t16-/m0/s1. The van der Waals surface area contributed by atoms with E-state index in [1.165, 1.54) is 5.56 Å². The highest BCUT2D eigenvalue weighted by molar-refractivity contribution is 5.96. The normalized spacial score (nSPS) is 17.2. The number of carbonyl (C=O) groups excluding carboxylic acids is 1. The lowest BCUT2D eigenvalue weighted by Crippen LogP contribution is -2.30. The molecule has 1 aromatic carbocycles. The Kier molecular flexibility index (Phi) is 4.42. The first-order chi connectivity index (χ1) is 11.5. The number of carbonyl (C=O) groups is 2. The van der Waals surface area contributed by atoms with E-state index in [2.05, 4.69) is 16.7 Å². The molecule has 1 atom stereocenters. The zero-order chi connectivity index (χ0) is 17.3.